The van der Waals surface area contributed by atoms with E-state index in [1.165, 1.54) is 46.3 Å². The largest absolute Gasteiger partial charge is 0.573 e. The first-order chi connectivity index (χ1) is 22.4. The number of aliphatic imine (C=N–C) groups is 1. The maximum absolute atomic E-state index is 15.0. The van der Waals surface area contributed by atoms with Gasteiger partial charge in [0.15, 0.2) is 11.0 Å². The fraction of sp³-hybridized carbons (Fsp3) is 0.250. The van der Waals surface area contributed by atoms with Crippen LogP contribution in [0.25, 0.3) is 17.8 Å². The van der Waals surface area contributed by atoms with Crippen molar-refractivity contribution in [2.75, 3.05) is 16.0 Å². The van der Waals surface area contributed by atoms with Crippen LogP contribution in [-0.4, -0.2) is 55.5 Å². The number of aliphatic hydroxyl groups excluding tert-OH is 1. The summed E-state index contributed by atoms with van der Waals surface area (Å²) in [6.07, 6.45) is -1.18. The number of benzene rings is 3. The Morgan fingerprint density at radius 3 is 2.60 bits per heavy atom. The van der Waals surface area contributed by atoms with E-state index in [1.807, 2.05) is 32.9 Å². The maximum atomic E-state index is 15.0. The van der Waals surface area contributed by atoms with Gasteiger partial charge in [-0.1, -0.05) is 36.9 Å². The minimum Gasteiger partial charge on any atom is -0.489 e. The number of nitrogens with one attached hydrogen (secondary N) is 1. The summed E-state index contributed by atoms with van der Waals surface area (Å²) in [4.78, 5) is 22.7. The number of amides is 1. The van der Waals surface area contributed by atoms with Crippen molar-refractivity contribution in [3.05, 3.63) is 89.8 Å². The predicted octanol–water partition coefficient (Wildman–Crippen LogP) is 6.78. The standard InChI is InChI=1S/C32H30F4N6O4S/c1-4-20(3)45-27-13-5-19(2)15-26(27)42-29(43)17-47-31(42)39-30(44)38-25-12-6-21(16-24(25)33)7-14-28-37-18-41(40-28)22-8-10-23(11-9-22)46-32(34,35)36/h5-16,18,20,30,38,44H,4,17H2,1-3H3/b14-7+,39-31?. The molecular weight excluding hydrogens is 640 g/mol. The number of thioether (sulfide) groups is 1. The number of hydrogen-bond donors (Lipinski definition) is 2. The molecule has 1 fully saturated rings. The van der Waals surface area contributed by atoms with Gasteiger partial charge in [0.1, 0.15) is 23.6 Å². The Bertz CT molecular complexity index is 1800. The van der Waals surface area contributed by atoms with Gasteiger partial charge in [-0.25, -0.2) is 19.0 Å². The molecule has 4 aromatic rings. The number of aryl methyl sites for hydroxylation is 1. The summed E-state index contributed by atoms with van der Waals surface area (Å²) in [5.41, 5.74) is 2.33. The highest BCUT2D eigenvalue weighted by Gasteiger charge is 2.33. The van der Waals surface area contributed by atoms with Crippen molar-refractivity contribution in [1.29, 1.82) is 0 Å². The highest BCUT2D eigenvalue weighted by Crippen LogP contribution is 2.36. The second kappa shape index (κ2) is 14.3. The number of ether oxygens (including phenoxy) is 2. The molecule has 1 aromatic heterocycles. The molecule has 0 aliphatic carbocycles. The average Bonchev–Trinajstić information content (AvgIpc) is 3.64. The molecule has 1 amide bonds. The molecule has 5 rings (SSSR count). The van der Waals surface area contributed by atoms with Crippen molar-refractivity contribution in [3.63, 3.8) is 0 Å². The second-order valence-electron chi connectivity index (χ2n) is 10.4. The van der Waals surface area contributed by atoms with E-state index in [0.717, 1.165) is 35.9 Å². The highest BCUT2D eigenvalue weighted by molar-refractivity contribution is 8.15. The number of rotatable bonds is 11. The van der Waals surface area contributed by atoms with Gasteiger partial charge in [0.05, 0.1) is 28.9 Å². The van der Waals surface area contributed by atoms with E-state index in [1.54, 1.807) is 18.2 Å². The first-order valence-electron chi connectivity index (χ1n) is 14.4. The van der Waals surface area contributed by atoms with Crippen molar-refractivity contribution < 1.29 is 36.9 Å². The lowest BCUT2D eigenvalue weighted by molar-refractivity contribution is -0.274. The molecule has 0 radical (unpaired) electrons. The fourth-order valence-corrected chi connectivity index (χ4v) is 5.26. The number of nitrogens with zero attached hydrogens (tertiary/aromatic N) is 5. The van der Waals surface area contributed by atoms with Gasteiger partial charge in [0, 0.05) is 0 Å². The molecule has 1 aliphatic rings. The quantitative estimate of drug-likeness (QED) is 0.133. The molecule has 15 heteroatoms. The van der Waals surface area contributed by atoms with Crippen LogP contribution in [0, 0.1) is 12.7 Å². The van der Waals surface area contributed by atoms with Crippen LogP contribution < -0.4 is 19.7 Å². The van der Waals surface area contributed by atoms with Crippen LogP contribution >= 0.6 is 11.8 Å². The van der Waals surface area contributed by atoms with Crippen LogP contribution in [0.2, 0.25) is 0 Å². The molecular formula is C32H30F4N6O4S. The third-order valence-corrected chi connectivity index (χ3v) is 7.74. The molecule has 246 valence electrons. The third-order valence-electron chi connectivity index (χ3n) is 6.80. The Balaban J connectivity index is 1.25. The number of alkyl halides is 3. The van der Waals surface area contributed by atoms with E-state index in [0.29, 0.717) is 22.7 Å². The second-order valence-corrected chi connectivity index (χ2v) is 11.4. The van der Waals surface area contributed by atoms with Gasteiger partial charge in [0.2, 0.25) is 12.3 Å². The van der Waals surface area contributed by atoms with E-state index in [-0.39, 0.29) is 40.2 Å². The number of anilines is 2. The lowest BCUT2D eigenvalue weighted by Crippen LogP contribution is -2.32. The molecule has 3 aromatic carbocycles. The Morgan fingerprint density at radius 1 is 1.13 bits per heavy atom. The number of hydrogen-bond acceptors (Lipinski definition) is 9. The Labute approximate surface area is 271 Å². The Hall–Kier alpha value is -4.89. The number of aromatic nitrogens is 3. The minimum atomic E-state index is -4.79. The number of aliphatic hydroxyl groups is 1. The Kier molecular flexibility index (Phi) is 10.2. The molecule has 47 heavy (non-hydrogen) atoms. The number of halogens is 4. The third kappa shape index (κ3) is 8.68. The first-order valence-corrected chi connectivity index (χ1v) is 15.4. The molecule has 0 bridgehead atoms. The zero-order chi connectivity index (χ0) is 33.7. The van der Waals surface area contributed by atoms with Crippen LogP contribution in [0.4, 0.5) is 28.9 Å². The van der Waals surface area contributed by atoms with Gasteiger partial charge in [0.25, 0.3) is 0 Å². The summed E-state index contributed by atoms with van der Waals surface area (Å²) < 4.78 is 63.5. The van der Waals surface area contributed by atoms with Crippen molar-refractivity contribution in [3.8, 4) is 17.2 Å². The topological polar surface area (TPSA) is 114 Å². The smallest absolute Gasteiger partial charge is 0.489 e. The lowest BCUT2D eigenvalue weighted by atomic mass is 10.2. The molecule has 2 N–H and O–H groups in total. The van der Waals surface area contributed by atoms with Gasteiger partial charge in [-0.2, -0.15) is 0 Å². The Morgan fingerprint density at radius 2 is 1.89 bits per heavy atom. The predicted molar refractivity (Wildman–Crippen MR) is 172 cm³/mol. The van der Waals surface area contributed by atoms with Crippen LogP contribution in [0.15, 0.2) is 72.0 Å². The molecule has 0 saturated carbocycles. The van der Waals surface area contributed by atoms with Crippen molar-refractivity contribution >= 4 is 46.4 Å². The van der Waals surface area contributed by atoms with Crippen LogP contribution in [0.5, 0.6) is 11.5 Å². The van der Waals surface area contributed by atoms with Crippen LogP contribution in [0.3, 0.4) is 0 Å². The van der Waals surface area contributed by atoms with Gasteiger partial charge in [-0.15, -0.1) is 18.3 Å². The number of amidine groups is 1. The molecule has 10 nitrogen and oxygen atoms in total. The number of carbonyl (C=O) groups excluding carboxylic acids is 1. The van der Waals surface area contributed by atoms with Crippen LogP contribution in [0.1, 0.15) is 37.2 Å². The molecule has 1 saturated heterocycles. The van der Waals surface area contributed by atoms with E-state index in [4.69, 9.17) is 4.74 Å². The molecule has 1 aliphatic heterocycles. The minimum absolute atomic E-state index is 0.0171. The molecule has 2 unspecified atom stereocenters. The van der Waals surface area contributed by atoms with Gasteiger partial charge < -0.3 is 19.9 Å². The summed E-state index contributed by atoms with van der Waals surface area (Å²) in [5.74, 6) is -0.348. The normalized spacial score (nSPS) is 15.8. The van der Waals surface area contributed by atoms with Crippen LogP contribution in [-0.2, 0) is 4.79 Å². The maximum Gasteiger partial charge on any atom is 0.573 e. The SMILES string of the molecule is CCC(C)Oc1ccc(C)cc1N1C(=O)CSC1=NC(O)Nc1ccc(/C=C/c2ncn(-c3ccc(OC(F)(F)F)cc3)n2)cc1F. The van der Waals surface area contributed by atoms with E-state index in [2.05, 4.69) is 25.1 Å². The summed E-state index contributed by atoms with van der Waals surface area (Å²) in [5, 5.41) is 17.8. The van der Waals surface area contributed by atoms with Gasteiger partial charge in [-0.3, -0.25) is 9.69 Å². The zero-order valence-corrected chi connectivity index (χ0v) is 26.2. The van der Waals surface area contributed by atoms with Gasteiger partial charge >= 0.3 is 6.36 Å². The summed E-state index contributed by atoms with van der Waals surface area (Å²) in [6, 6.07) is 14.9. The summed E-state index contributed by atoms with van der Waals surface area (Å²) >= 11 is 1.15. The van der Waals surface area contributed by atoms with Gasteiger partial charge in [-0.05, 0) is 86.0 Å². The lowest BCUT2D eigenvalue weighted by Gasteiger charge is -2.23. The average molecular weight is 671 g/mol. The molecule has 0 spiro atoms. The molecule has 2 heterocycles. The van der Waals surface area contributed by atoms with E-state index >= 15 is 4.39 Å². The van der Waals surface area contributed by atoms with E-state index < -0.39 is 18.5 Å². The summed E-state index contributed by atoms with van der Waals surface area (Å²) in [6.45, 7) is 5.82. The first kappa shape index (κ1) is 33.5. The fourth-order valence-electron chi connectivity index (χ4n) is 4.37. The van der Waals surface area contributed by atoms with E-state index in [9.17, 15) is 23.1 Å². The highest BCUT2D eigenvalue weighted by atomic mass is 32.2. The van der Waals surface area contributed by atoms with Crippen molar-refractivity contribution in [2.24, 2.45) is 4.99 Å². The summed E-state index contributed by atoms with van der Waals surface area (Å²) in [7, 11) is 0. The number of carbonyl (C=O) groups is 1. The monoisotopic (exact) mass is 670 g/mol. The zero-order valence-electron chi connectivity index (χ0n) is 25.4. The molecule has 2 atom stereocenters. The van der Waals surface area contributed by atoms with Crippen molar-refractivity contribution in [2.45, 2.75) is 46.0 Å². The van der Waals surface area contributed by atoms with Crippen molar-refractivity contribution in [1.82, 2.24) is 14.8 Å².